The van der Waals surface area contributed by atoms with Gasteiger partial charge in [-0.2, -0.15) is 0 Å². The predicted octanol–water partition coefficient (Wildman–Crippen LogP) is 6.30. The quantitative estimate of drug-likeness (QED) is 0.303. The maximum atomic E-state index is 7.08. The molecule has 3 heterocycles. The molecule has 2 aromatic heterocycles. The Hall–Kier alpha value is -2.64. The van der Waals surface area contributed by atoms with E-state index in [1.54, 1.807) is 25.6 Å². The number of benzene rings is 2. The van der Waals surface area contributed by atoms with E-state index in [4.69, 9.17) is 26.1 Å². The van der Waals surface area contributed by atoms with E-state index in [1.165, 1.54) is 21.4 Å². The molecule has 0 atom stereocenters. The van der Waals surface area contributed by atoms with Crippen molar-refractivity contribution in [2.75, 3.05) is 27.3 Å². The third-order valence-electron chi connectivity index (χ3n) is 6.54. The van der Waals surface area contributed by atoms with Gasteiger partial charge in [0.05, 0.1) is 24.9 Å². The zero-order valence-electron chi connectivity index (χ0n) is 20.4. The fraction of sp³-hybridized carbons (Fsp3) is 0.321. The Morgan fingerprint density at radius 1 is 1.09 bits per heavy atom. The van der Waals surface area contributed by atoms with Crippen LogP contribution in [0, 0.1) is 0 Å². The van der Waals surface area contributed by atoms with E-state index in [0.717, 1.165) is 54.3 Å². The molecule has 5 nitrogen and oxygen atoms in total. The van der Waals surface area contributed by atoms with Crippen molar-refractivity contribution in [3.05, 3.63) is 75.3 Å². The van der Waals surface area contributed by atoms with E-state index in [1.807, 2.05) is 12.1 Å². The fourth-order valence-corrected chi connectivity index (χ4v) is 6.41. The Labute approximate surface area is 215 Å². The number of aromatic nitrogens is 1. The van der Waals surface area contributed by atoms with Gasteiger partial charge in [-0.05, 0) is 41.8 Å². The van der Waals surface area contributed by atoms with E-state index in [9.17, 15) is 0 Å². The lowest BCUT2D eigenvalue weighted by Gasteiger charge is -2.27. The molecule has 2 aromatic carbocycles. The van der Waals surface area contributed by atoms with Crippen molar-refractivity contribution in [2.45, 2.75) is 33.0 Å². The molecule has 7 heteroatoms. The number of pyridine rings is 1. The standard InChI is InChI=1S/C28H30ClN3O2S/c1-4-30-15-21-27(29)25(19-10-11-22(33-2)23(14-19)34-3)26-20-12-13-32(16-18-8-6-5-7-9-18)17-24(20)35-28(26)31-21/h5-11,14,30H,4,12-13,15-17H2,1-3H3. The number of nitrogens with one attached hydrogen (secondary N) is 1. The third-order valence-corrected chi connectivity index (χ3v) is 8.06. The average Bonchev–Trinajstić information content (AvgIpc) is 3.24. The lowest BCUT2D eigenvalue weighted by atomic mass is 9.95. The van der Waals surface area contributed by atoms with Crippen LogP contribution in [-0.2, 0) is 26.1 Å². The second-order valence-corrected chi connectivity index (χ2v) is 10.2. The van der Waals surface area contributed by atoms with Crippen molar-refractivity contribution >= 4 is 33.2 Å². The van der Waals surface area contributed by atoms with Gasteiger partial charge in [0, 0.05) is 42.0 Å². The summed E-state index contributed by atoms with van der Waals surface area (Å²) in [7, 11) is 3.32. The molecule has 0 spiro atoms. The van der Waals surface area contributed by atoms with Crippen LogP contribution in [0.3, 0.4) is 0 Å². The summed E-state index contributed by atoms with van der Waals surface area (Å²) < 4.78 is 11.1. The van der Waals surface area contributed by atoms with Gasteiger partial charge < -0.3 is 14.8 Å². The van der Waals surface area contributed by atoms with Crippen molar-refractivity contribution < 1.29 is 9.47 Å². The van der Waals surface area contributed by atoms with Crippen LogP contribution in [0.2, 0.25) is 5.02 Å². The maximum Gasteiger partial charge on any atom is 0.161 e. The maximum absolute atomic E-state index is 7.08. The number of methoxy groups -OCH3 is 2. The van der Waals surface area contributed by atoms with Gasteiger partial charge in [-0.1, -0.05) is 54.9 Å². The van der Waals surface area contributed by atoms with Crippen LogP contribution in [-0.4, -0.2) is 37.2 Å². The van der Waals surface area contributed by atoms with Gasteiger partial charge >= 0.3 is 0 Å². The van der Waals surface area contributed by atoms with Gasteiger partial charge in [-0.15, -0.1) is 11.3 Å². The Kier molecular flexibility index (Phi) is 7.25. The number of thiophene rings is 1. The van der Waals surface area contributed by atoms with Crippen molar-refractivity contribution in [1.29, 1.82) is 0 Å². The van der Waals surface area contributed by atoms with E-state index < -0.39 is 0 Å². The average molecular weight is 508 g/mol. The lowest BCUT2D eigenvalue weighted by Crippen LogP contribution is -2.29. The highest BCUT2D eigenvalue weighted by molar-refractivity contribution is 7.19. The molecule has 0 saturated carbocycles. The highest BCUT2D eigenvalue weighted by atomic mass is 35.5. The predicted molar refractivity (Wildman–Crippen MR) is 145 cm³/mol. The van der Waals surface area contributed by atoms with E-state index >= 15 is 0 Å². The largest absolute Gasteiger partial charge is 0.493 e. The molecule has 1 aliphatic rings. The smallest absolute Gasteiger partial charge is 0.161 e. The van der Waals surface area contributed by atoms with Crippen molar-refractivity contribution in [1.82, 2.24) is 15.2 Å². The lowest BCUT2D eigenvalue weighted by molar-refractivity contribution is 0.249. The van der Waals surface area contributed by atoms with E-state index in [0.29, 0.717) is 23.1 Å². The number of halogens is 1. The summed E-state index contributed by atoms with van der Waals surface area (Å²) in [5, 5.41) is 5.28. The minimum atomic E-state index is 0.633. The first-order valence-corrected chi connectivity index (χ1v) is 13.1. The molecule has 1 aliphatic heterocycles. The van der Waals surface area contributed by atoms with Gasteiger partial charge in [0.2, 0.25) is 0 Å². The molecule has 35 heavy (non-hydrogen) atoms. The van der Waals surface area contributed by atoms with Gasteiger partial charge in [0.25, 0.3) is 0 Å². The Bertz CT molecular complexity index is 1340. The van der Waals surface area contributed by atoms with Crippen LogP contribution < -0.4 is 14.8 Å². The number of hydrogen-bond donors (Lipinski definition) is 1. The highest BCUT2D eigenvalue weighted by Gasteiger charge is 2.27. The van der Waals surface area contributed by atoms with Crippen LogP contribution in [0.4, 0.5) is 0 Å². The molecule has 4 aromatic rings. The summed E-state index contributed by atoms with van der Waals surface area (Å²) in [6.07, 6.45) is 0.979. The van der Waals surface area contributed by atoms with Gasteiger partial charge in [0.15, 0.2) is 11.5 Å². The van der Waals surface area contributed by atoms with E-state index in [-0.39, 0.29) is 0 Å². The first-order chi connectivity index (χ1) is 17.1. The van der Waals surface area contributed by atoms with Crippen LogP contribution >= 0.6 is 22.9 Å². The van der Waals surface area contributed by atoms with Gasteiger partial charge in [-0.25, -0.2) is 4.98 Å². The summed E-state index contributed by atoms with van der Waals surface area (Å²) in [5.41, 5.74) is 5.66. The monoisotopic (exact) mass is 507 g/mol. The second kappa shape index (κ2) is 10.5. The fourth-order valence-electron chi connectivity index (χ4n) is 4.80. The minimum absolute atomic E-state index is 0.633. The number of ether oxygens (including phenoxy) is 2. The van der Waals surface area contributed by atoms with Crippen LogP contribution in [0.15, 0.2) is 48.5 Å². The zero-order valence-corrected chi connectivity index (χ0v) is 21.9. The molecular weight excluding hydrogens is 478 g/mol. The summed E-state index contributed by atoms with van der Waals surface area (Å²) in [4.78, 5) is 9.99. The highest BCUT2D eigenvalue weighted by Crippen LogP contribution is 2.45. The molecule has 1 N–H and O–H groups in total. The number of nitrogens with zero attached hydrogens (tertiary/aromatic N) is 2. The van der Waals surface area contributed by atoms with Gasteiger partial charge in [0.1, 0.15) is 4.83 Å². The molecule has 0 fully saturated rings. The van der Waals surface area contributed by atoms with Gasteiger partial charge in [-0.3, -0.25) is 4.90 Å². The molecule has 0 saturated heterocycles. The molecule has 0 unspecified atom stereocenters. The second-order valence-electron chi connectivity index (χ2n) is 8.73. The van der Waals surface area contributed by atoms with Crippen LogP contribution in [0.5, 0.6) is 11.5 Å². The van der Waals surface area contributed by atoms with Crippen LogP contribution in [0.1, 0.15) is 28.6 Å². The third kappa shape index (κ3) is 4.76. The summed E-state index contributed by atoms with van der Waals surface area (Å²) in [6.45, 7) is 6.47. The van der Waals surface area contributed by atoms with Crippen molar-refractivity contribution in [3.63, 3.8) is 0 Å². The Balaban J connectivity index is 1.61. The summed E-state index contributed by atoms with van der Waals surface area (Å²) >= 11 is 8.88. The molecular formula is C28H30ClN3O2S. The molecule has 5 rings (SSSR count). The summed E-state index contributed by atoms with van der Waals surface area (Å²) in [5.74, 6) is 1.40. The summed E-state index contributed by atoms with van der Waals surface area (Å²) in [6, 6.07) is 16.7. The first-order valence-electron chi connectivity index (χ1n) is 11.9. The molecule has 0 aliphatic carbocycles. The Morgan fingerprint density at radius 2 is 1.89 bits per heavy atom. The number of hydrogen-bond acceptors (Lipinski definition) is 6. The first kappa shape index (κ1) is 24.1. The van der Waals surface area contributed by atoms with Crippen molar-refractivity contribution in [3.8, 4) is 22.6 Å². The van der Waals surface area contributed by atoms with Crippen molar-refractivity contribution in [2.24, 2.45) is 0 Å². The minimum Gasteiger partial charge on any atom is -0.493 e. The molecule has 0 radical (unpaired) electrons. The SMILES string of the molecule is CCNCc1nc2sc3c(c2c(-c2ccc(OC)c(OC)c2)c1Cl)CCN(Cc1ccccc1)C3. The topological polar surface area (TPSA) is 46.6 Å². The zero-order chi connectivity index (χ0) is 24.4. The Morgan fingerprint density at radius 3 is 2.63 bits per heavy atom. The molecule has 0 amide bonds. The van der Waals surface area contributed by atoms with E-state index in [2.05, 4.69) is 53.5 Å². The normalized spacial score (nSPS) is 13.7. The number of fused-ring (bicyclic) bond motifs is 3. The molecule has 182 valence electrons. The number of rotatable bonds is 8. The molecule has 0 bridgehead atoms. The van der Waals surface area contributed by atoms with Crippen LogP contribution in [0.25, 0.3) is 21.3 Å².